The van der Waals surface area contributed by atoms with Gasteiger partial charge in [0.05, 0.1) is 0 Å². The van der Waals surface area contributed by atoms with E-state index >= 15 is 0 Å². The molecule has 1 amide bonds. The molecule has 0 saturated carbocycles. The highest BCUT2D eigenvalue weighted by Gasteiger charge is 2.29. The van der Waals surface area contributed by atoms with Crippen molar-refractivity contribution in [3.63, 3.8) is 0 Å². The van der Waals surface area contributed by atoms with Crippen LogP contribution in [0.25, 0.3) is 0 Å². The van der Waals surface area contributed by atoms with Crippen molar-refractivity contribution in [1.82, 2.24) is 5.32 Å². The second kappa shape index (κ2) is 6.03. The molecule has 1 aromatic rings. The van der Waals surface area contributed by atoms with Gasteiger partial charge in [0.1, 0.15) is 5.82 Å². The number of carbonyl (C=O) groups excluding carboxylic acids is 1. The van der Waals surface area contributed by atoms with Crippen LogP contribution in [0.15, 0.2) is 22.7 Å². The minimum Gasteiger partial charge on any atom is -0.440 e. The Bertz CT molecular complexity index is 436. The van der Waals surface area contributed by atoms with E-state index in [1.807, 2.05) is 0 Å². The van der Waals surface area contributed by atoms with Gasteiger partial charge in [-0.05, 0) is 23.8 Å². The van der Waals surface area contributed by atoms with Crippen LogP contribution in [0.4, 0.5) is 22.4 Å². The number of carbonyl (C=O) groups is 1. The smallest absolute Gasteiger partial charge is 0.422 e. The molecular formula is C10H8BrF4NO2. The third-order valence-electron chi connectivity index (χ3n) is 1.80. The van der Waals surface area contributed by atoms with Crippen LogP contribution < -0.4 is 5.32 Å². The number of ether oxygens (including phenoxy) is 1. The summed E-state index contributed by atoms with van der Waals surface area (Å²) in [6.45, 7) is -1.81. The quantitative estimate of drug-likeness (QED) is 0.863. The number of rotatable bonds is 3. The summed E-state index contributed by atoms with van der Waals surface area (Å²) in [6, 6.07) is 3.77. The van der Waals surface area contributed by atoms with Crippen molar-refractivity contribution >= 4 is 22.0 Å². The first kappa shape index (κ1) is 14.7. The first-order valence-corrected chi connectivity index (χ1v) is 5.48. The van der Waals surface area contributed by atoms with E-state index in [2.05, 4.69) is 26.0 Å². The third-order valence-corrected chi connectivity index (χ3v) is 2.57. The van der Waals surface area contributed by atoms with Gasteiger partial charge in [0.15, 0.2) is 6.61 Å². The molecule has 0 aromatic heterocycles. The minimum absolute atomic E-state index is 0.144. The highest BCUT2D eigenvalue weighted by molar-refractivity contribution is 9.10. The zero-order chi connectivity index (χ0) is 13.8. The van der Waals surface area contributed by atoms with Gasteiger partial charge in [-0.15, -0.1) is 0 Å². The molecule has 0 atom stereocenters. The standard InChI is InChI=1S/C10H8BrF4NO2/c11-8-2-1-7(12)3-6(8)4-16-9(17)18-5-10(13,14)15/h1-3H,4-5H2,(H,16,17). The number of benzene rings is 1. The Labute approximate surface area is 108 Å². The zero-order valence-corrected chi connectivity index (χ0v) is 10.4. The molecule has 0 spiro atoms. The van der Waals surface area contributed by atoms with Crippen molar-refractivity contribution in [1.29, 1.82) is 0 Å². The van der Waals surface area contributed by atoms with E-state index in [0.717, 1.165) is 6.07 Å². The van der Waals surface area contributed by atoms with Crippen LogP contribution in [0, 0.1) is 5.82 Å². The Balaban J connectivity index is 2.45. The van der Waals surface area contributed by atoms with Gasteiger partial charge in [-0.25, -0.2) is 9.18 Å². The van der Waals surface area contributed by atoms with Gasteiger partial charge in [-0.1, -0.05) is 15.9 Å². The fraction of sp³-hybridized carbons (Fsp3) is 0.300. The van der Waals surface area contributed by atoms with E-state index in [1.54, 1.807) is 0 Å². The Morgan fingerprint density at radius 2 is 2.06 bits per heavy atom. The molecule has 0 aliphatic rings. The molecule has 0 aliphatic heterocycles. The highest BCUT2D eigenvalue weighted by atomic mass is 79.9. The molecule has 8 heteroatoms. The van der Waals surface area contributed by atoms with Crippen LogP contribution in [0.1, 0.15) is 5.56 Å². The molecule has 0 bridgehead atoms. The highest BCUT2D eigenvalue weighted by Crippen LogP contribution is 2.18. The fourth-order valence-corrected chi connectivity index (χ4v) is 1.43. The van der Waals surface area contributed by atoms with Gasteiger partial charge < -0.3 is 10.1 Å². The lowest BCUT2D eigenvalue weighted by Gasteiger charge is -2.10. The maximum absolute atomic E-state index is 12.9. The van der Waals surface area contributed by atoms with Crippen molar-refractivity contribution in [3.8, 4) is 0 Å². The van der Waals surface area contributed by atoms with Crippen molar-refractivity contribution < 1.29 is 27.1 Å². The number of nitrogens with one attached hydrogen (secondary N) is 1. The van der Waals surface area contributed by atoms with Gasteiger partial charge in [0.25, 0.3) is 0 Å². The molecule has 0 heterocycles. The summed E-state index contributed by atoms with van der Waals surface area (Å²) in [7, 11) is 0. The lowest BCUT2D eigenvalue weighted by atomic mass is 10.2. The van der Waals surface area contributed by atoms with E-state index in [-0.39, 0.29) is 6.54 Å². The second-order valence-corrected chi connectivity index (χ2v) is 4.13. The number of amides is 1. The van der Waals surface area contributed by atoms with Crippen molar-refractivity contribution in [2.75, 3.05) is 6.61 Å². The lowest BCUT2D eigenvalue weighted by Crippen LogP contribution is -2.28. The number of alkyl halides is 3. The summed E-state index contributed by atoms with van der Waals surface area (Å²) in [5.41, 5.74) is 0.388. The topological polar surface area (TPSA) is 38.3 Å². The van der Waals surface area contributed by atoms with E-state index in [0.29, 0.717) is 10.0 Å². The van der Waals surface area contributed by atoms with Crippen LogP contribution in [0.5, 0.6) is 0 Å². The predicted molar refractivity (Wildman–Crippen MR) is 58.3 cm³/mol. The van der Waals surface area contributed by atoms with Crippen LogP contribution in [-0.4, -0.2) is 18.9 Å². The van der Waals surface area contributed by atoms with Gasteiger partial charge in [0.2, 0.25) is 0 Å². The number of halogens is 5. The first-order valence-electron chi connectivity index (χ1n) is 4.69. The van der Waals surface area contributed by atoms with Crippen LogP contribution >= 0.6 is 15.9 Å². The zero-order valence-electron chi connectivity index (χ0n) is 8.85. The summed E-state index contributed by atoms with van der Waals surface area (Å²) in [5.74, 6) is -0.515. The van der Waals surface area contributed by atoms with Gasteiger partial charge in [-0.2, -0.15) is 13.2 Å². The predicted octanol–water partition coefficient (Wildman–Crippen LogP) is 3.38. The monoisotopic (exact) mass is 329 g/mol. The number of hydrogen-bond donors (Lipinski definition) is 1. The average molecular weight is 330 g/mol. The van der Waals surface area contributed by atoms with E-state index in [4.69, 9.17) is 0 Å². The van der Waals surface area contributed by atoms with Crippen molar-refractivity contribution in [2.45, 2.75) is 12.7 Å². The molecular weight excluding hydrogens is 322 g/mol. The summed E-state index contributed by atoms with van der Waals surface area (Å²) in [4.78, 5) is 10.9. The first-order chi connectivity index (χ1) is 8.28. The molecule has 0 radical (unpaired) electrons. The molecule has 1 aromatic carbocycles. The SMILES string of the molecule is O=C(NCc1cc(F)ccc1Br)OCC(F)(F)F. The Morgan fingerprint density at radius 3 is 2.67 bits per heavy atom. The molecule has 18 heavy (non-hydrogen) atoms. The lowest BCUT2D eigenvalue weighted by molar-refractivity contribution is -0.160. The molecule has 3 nitrogen and oxygen atoms in total. The number of alkyl carbamates (subject to hydrolysis) is 1. The number of hydrogen-bond acceptors (Lipinski definition) is 2. The third kappa shape index (κ3) is 5.35. The van der Waals surface area contributed by atoms with Crippen molar-refractivity contribution in [2.24, 2.45) is 0 Å². The molecule has 0 fully saturated rings. The normalized spacial score (nSPS) is 11.2. The van der Waals surface area contributed by atoms with Gasteiger partial charge in [-0.3, -0.25) is 0 Å². The Hall–Kier alpha value is -1.31. The minimum atomic E-state index is -4.57. The summed E-state index contributed by atoms with van der Waals surface area (Å²) in [6.07, 6.45) is -5.79. The molecule has 1 N–H and O–H groups in total. The molecule has 0 aliphatic carbocycles. The van der Waals surface area contributed by atoms with E-state index in [9.17, 15) is 22.4 Å². The largest absolute Gasteiger partial charge is 0.440 e. The summed E-state index contributed by atoms with van der Waals surface area (Å²) < 4.78 is 52.5. The summed E-state index contributed by atoms with van der Waals surface area (Å²) >= 11 is 3.11. The molecule has 100 valence electrons. The summed E-state index contributed by atoms with van der Waals surface area (Å²) in [5, 5.41) is 2.08. The maximum Gasteiger partial charge on any atom is 0.422 e. The van der Waals surface area contributed by atoms with Crippen LogP contribution in [0.2, 0.25) is 0 Å². The molecule has 1 rings (SSSR count). The average Bonchev–Trinajstić information content (AvgIpc) is 2.26. The maximum atomic E-state index is 12.9. The van der Waals surface area contributed by atoms with Crippen LogP contribution in [-0.2, 0) is 11.3 Å². The molecule has 0 unspecified atom stereocenters. The van der Waals surface area contributed by atoms with Gasteiger partial charge >= 0.3 is 12.3 Å². The van der Waals surface area contributed by atoms with E-state index < -0.39 is 24.7 Å². The van der Waals surface area contributed by atoms with Crippen LogP contribution in [0.3, 0.4) is 0 Å². The van der Waals surface area contributed by atoms with Crippen molar-refractivity contribution in [3.05, 3.63) is 34.1 Å². The second-order valence-electron chi connectivity index (χ2n) is 3.28. The fourth-order valence-electron chi connectivity index (χ4n) is 1.04. The van der Waals surface area contributed by atoms with E-state index in [1.165, 1.54) is 12.1 Å². The van der Waals surface area contributed by atoms with Gasteiger partial charge in [0, 0.05) is 11.0 Å². The Kier molecular flexibility index (Phi) is 4.94. The Morgan fingerprint density at radius 1 is 1.39 bits per heavy atom. The molecule has 0 saturated heterocycles.